The molecule has 2 aliphatic heterocycles. The van der Waals surface area contributed by atoms with E-state index in [-0.39, 0.29) is 11.7 Å². The molecule has 0 aliphatic carbocycles. The van der Waals surface area contributed by atoms with Gasteiger partial charge in [0.25, 0.3) is 5.69 Å². The predicted octanol–water partition coefficient (Wildman–Crippen LogP) is 6.89. The van der Waals surface area contributed by atoms with Gasteiger partial charge in [-0.2, -0.15) is 5.10 Å². The second-order valence-electron chi connectivity index (χ2n) is 9.93. The van der Waals surface area contributed by atoms with E-state index in [4.69, 9.17) is 19.8 Å². The number of hydrogen-bond donors (Lipinski definition) is 1. The Balaban J connectivity index is 1.45. The summed E-state index contributed by atoms with van der Waals surface area (Å²) in [7, 11) is 1.64. The molecule has 0 radical (unpaired) electrons. The van der Waals surface area contributed by atoms with Crippen molar-refractivity contribution in [1.29, 1.82) is 0 Å². The Labute approximate surface area is 241 Å². The normalized spacial score (nSPS) is 15.1. The van der Waals surface area contributed by atoms with Gasteiger partial charge in [0.15, 0.2) is 17.5 Å². The second kappa shape index (κ2) is 10.0. The largest absolute Gasteiger partial charge is 0.497 e. The van der Waals surface area contributed by atoms with E-state index in [9.17, 15) is 10.1 Å². The number of para-hydroxylation sites is 2. The number of anilines is 2. The molecule has 10 nitrogen and oxygen atoms in total. The van der Waals surface area contributed by atoms with E-state index < -0.39 is 4.92 Å². The Morgan fingerprint density at radius 3 is 2.31 bits per heavy atom. The minimum Gasteiger partial charge on any atom is -0.497 e. The fourth-order valence-corrected chi connectivity index (χ4v) is 5.46. The third-order valence-electron chi connectivity index (χ3n) is 7.41. The van der Waals surface area contributed by atoms with Crippen molar-refractivity contribution >= 4 is 40.2 Å². The van der Waals surface area contributed by atoms with Crippen molar-refractivity contribution in [2.24, 2.45) is 9.98 Å². The van der Waals surface area contributed by atoms with E-state index >= 15 is 0 Å². The van der Waals surface area contributed by atoms with E-state index in [1.807, 2.05) is 67.6 Å². The molecule has 0 bridgehead atoms. The summed E-state index contributed by atoms with van der Waals surface area (Å²) in [5.74, 6) is 2.61. The molecule has 1 N–H and O–H groups in total. The minimum atomic E-state index is -0.413. The van der Waals surface area contributed by atoms with Crippen molar-refractivity contribution in [2.45, 2.75) is 13.0 Å². The van der Waals surface area contributed by atoms with Crippen molar-refractivity contribution in [1.82, 2.24) is 9.78 Å². The van der Waals surface area contributed by atoms with E-state index in [1.165, 1.54) is 12.1 Å². The van der Waals surface area contributed by atoms with Crippen molar-refractivity contribution in [3.05, 3.63) is 130 Å². The number of ether oxygens (including phenoxy) is 1. The van der Waals surface area contributed by atoms with Gasteiger partial charge >= 0.3 is 0 Å². The Bertz CT molecular complexity index is 1880. The van der Waals surface area contributed by atoms with Gasteiger partial charge in [-0.15, -0.1) is 0 Å². The van der Waals surface area contributed by atoms with Gasteiger partial charge in [0, 0.05) is 23.4 Å². The fraction of sp³-hybridized carbons (Fsp3) is 0.0938. The molecule has 7 rings (SSSR count). The smallest absolute Gasteiger partial charge is 0.269 e. The van der Waals surface area contributed by atoms with E-state index in [2.05, 4.69) is 28.4 Å². The maximum absolute atomic E-state index is 11.3. The average molecular weight is 556 g/mol. The lowest BCUT2D eigenvalue weighted by atomic mass is 9.93. The minimum absolute atomic E-state index is 0.0122. The Morgan fingerprint density at radius 2 is 1.60 bits per heavy atom. The highest BCUT2D eigenvalue weighted by Gasteiger charge is 2.41. The summed E-state index contributed by atoms with van der Waals surface area (Å²) in [4.78, 5) is 23.3. The van der Waals surface area contributed by atoms with E-state index in [1.54, 1.807) is 23.9 Å². The first kappa shape index (κ1) is 25.2. The zero-order chi connectivity index (χ0) is 28.8. The molecule has 42 heavy (non-hydrogen) atoms. The lowest BCUT2D eigenvalue weighted by Crippen LogP contribution is -2.46. The zero-order valence-electron chi connectivity index (χ0n) is 22.8. The van der Waals surface area contributed by atoms with Gasteiger partial charge in [-0.25, -0.2) is 14.7 Å². The molecule has 10 heteroatoms. The summed E-state index contributed by atoms with van der Waals surface area (Å²) in [6, 6.07) is 32.0. The van der Waals surface area contributed by atoms with Gasteiger partial charge in [0.05, 0.1) is 40.8 Å². The average Bonchev–Trinajstić information content (AvgIpc) is 3.36. The van der Waals surface area contributed by atoms with Gasteiger partial charge in [0.1, 0.15) is 5.75 Å². The molecule has 206 valence electrons. The lowest BCUT2D eigenvalue weighted by Gasteiger charge is -2.40. The van der Waals surface area contributed by atoms with Crippen LogP contribution in [0.3, 0.4) is 0 Å². The van der Waals surface area contributed by atoms with Crippen molar-refractivity contribution in [2.75, 3.05) is 17.3 Å². The highest BCUT2D eigenvalue weighted by atomic mass is 16.6. The summed E-state index contributed by atoms with van der Waals surface area (Å²) in [6.45, 7) is 1.97. The first-order chi connectivity index (χ1) is 20.5. The first-order valence-corrected chi connectivity index (χ1v) is 13.4. The van der Waals surface area contributed by atoms with E-state index in [0.29, 0.717) is 23.2 Å². The maximum Gasteiger partial charge on any atom is 0.269 e. The molecule has 0 fully saturated rings. The van der Waals surface area contributed by atoms with Crippen LogP contribution in [0.1, 0.15) is 22.9 Å². The standard InChI is InChI=1S/C32H25N7O3/c1-20-28-29(21-8-4-3-5-9-21)37-27-11-7-6-10-26(27)34-30(33-22-12-18-25(42-2)19-13-22)32(37)35-31(28)38(36-20)23-14-16-24(17-15-23)39(40)41/h3-19,29H,1-2H3,(H,33,34)/t29-/m1/s1. The van der Waals surface area contributed by atoms with Crippen LogP contribution in [0.4, 0.5) is 28.6 Å². The third-order valence-corrected chi connectivity index (χ3v) is 7.41. The number of amidine groups is 2. The summed E-state index contributed by atoms with van der Waals surface area (Å²) in [6.07, 6.45) is 0. The number of fused-ring (bicyclic) bond motifs is 4. The van der Waals surface area contributed by atoms with Crippen LogP contribution in [0.25, 0.3) is 5.69 Å². The number of nitrogens with one attached hydrogen (secondary N) is 1. The lowest BCUT2D eigenvalue weighted by molar-refractivity contribution is -0.384. The second-order valence-corrected chi connectivity index (χ2v) is 9.93. The Kier molecular flexibility index (Phi) is 6.01. The molecular formula is C32H25N7O3. The SMILES string of the molecule is COc1ccc(NC2=Nc3ccccc3N3C2=Nc2c(c(C)nn2-c2ccc([N+](=O)[O-])cc2)[C@H]3c2ccccc2)cc1. The zero-order valence-corrected chi connectivity index (χ0v) is 22.8. The molecule has 0 saturated carbocycles. The molecule has 5 aromatic rings. The summed E-state index contributed by atoms with van der Waals surface area (Å²) >= 11 is 0. The molecule has 4 aromatic carbocycles. The number of rotatable bonds is 5. The number of nitro benzene ring substituents is 1. The molecule has 0 amide bonds. The Hall–Kier alpha value is -5.77. The van der Waals surface area contributed by atoms with Gasteiger partial charge in [-0.1, -0.05) is 42.5 Å². The molecule has 0 saturated heterocycles. The Morgan fingerprint density at radius 1 is 0.881 bits per heavy atom. The van der Waals surface area contributed by atoms with Crippen LogP contribution in [0, 0.1) is 17.0 Å². The van der Waals surface area contributed by atoms with Crippen LogP contribution in [0.5, 0.6) is 5.75 Å². The molecule has 3 heterocycles. The van der Waals surface area contributed by atoms with Crippen molar-refractivity contribution < 1.29 is 9.66 Å². The molecule has 0 unspecified atom stereocenters. The van der Waals surface area contributed by atoms with Crippen LogP contribution in [-0.4, -0.2) is 33.5 Å². The first-order valence-electron chi connectivity index (χ1n) is 13.4. The van der Waals surface area contributed by atoms with Gasteiger partial charge in [0.2, 0.25) is 0 Å². The summed E-state index contributed by atoms with van der Waals surface area (Å²) in [5, 5.41) is 19.7. The molecule has 1 aromatic heterocycles. The molecule has 1 atom stereocenters. The number of benzene rings is 4. The maximum atomic E-state index is 11.3. The number of non-ortho nitro benzene ring substituents is 1. The van der Waals surface area contributed by atoms with E-state index in [0.717, 1.165) is 39.6 Å². The molecular weight excluding hydrogens is 530 g/mol. The molecule has 0 spiro atoms. The van der Waals surface area contributed by atoms with Crippen LogP contribution in [-0.2, 0) is 0 Å². The third kappa shape index (κ3) is 4.17. The quantitative estimate of drug-likeness (QED) is 0.187. The monoisotopic (exact) mass is 555 g/mol. The van der Waals surface area contributed by atoms with Gasteiger partial charge < -0.3 is 15.0 Å². The van der Waals surface area contributed by atoms with Gasteiger partial charge in [-0.05, 0) is 61.0 Å². The summed E-state index contributed by atoms with van der Waals surface area (Å²) < 4.78 is 7.08. The van der Waals surface area contributed by atoms with Crippen LogP contribution in [0.15, 0.2) is 113 Å². The number of nitrogens with zero attached hydrogens (tertiary/aromatic N) is 6. The highest BCUT2D eigenvalue weighted by molar-refractivity contribution is 6.51. The number of aryl methyl sites for hydroxylation is 1. The van der Waals surface area contributed by atoms with Crippen molar-refractivity contribution in [3.8, 4) is 11.4 Å². The van der Waals surface area contributed by atoms with Crippen molar-refractivity contribution in [3.63, 3.8) is 0 Å². The topological polar surface area (TPSA) is 110 Å². The van der Waals surface area contributed by atoms with Crippen LogP contribution >= 0.6 is 0 Å². The predicted molar refractivity (Wildman–Crippen MR) is 163 cm³/mol. The highest BCUT2D eigenvalue weighted by Crippen LogP contribution is 2.48. The van der Waals surface area contributed by atoms with Gasteiger partial charge in [-0.3, -0.25) is 10.1 Å². The fourth-order valence-electron chi connectivity index (χ4n) is 5.46. The van der Waals surface area contributed by atoms with Crippen LogP contribution in [0.2, 0.25) is 0 Å². The number of aromatic nitrogens is 2. The van der Waals surface area contributed by atoms with Crippen LogP contribution < -0.4 is 15.0 Å². The number of aliphatic imine (C=N–C) groups is 2. The molecule has 2 aliphatic rings. The number of nitro groups is 1. The summed E-state index contributed by atoms with van der Waals surface area (Å²) in [5.41, 5.74) is 6.09. The number of hydrogen-bond acceptors (Lipinski definition) is 8. The number of methoxy groups -OCH3 is 1.